The molecule has 1 unspecified atom stereocenters. The summed E-state index contributed by atoms with van der Waals surface area (Å²) in [6.45, 7) is 6.06. The molecule has 0 amide bonds. The molecule has 1 aromatic heterocycles. The third-order valence-electron chi connectivity index (χ3n) is 3.86. The van der Waals surface area contributed by atoms with Gasteiger partial charge in [-0.1, -0.05) is 31.2 Å². The van der Waals surface area contributed by atoms with Crippen molar-refractivity contribution in [1.29, 1.82) is 0 Å². The largest absolute Gasteiger partial charge is 0.481 e. The molecule has 0 aliphatic rings. The summed E-state index contributed by atoms with van der Waals surface area (Å²) in [7, 11) is 1.95. The van der Waals surface area contributed by atoms with Crippen LogP contribution in [0.4, 0.5) is 0 Å². The summed E-state index contributed by atoms with van der Waals surface area (Å²) in [5, 5.41) is 13.3. The van der Waals surface area contributed by atoms with E-state index in [4.69, 9.17) is 5.11 Å². The van der Waals surface area contributed by atoms with Crippen LogP contribution in [0, 0.1) is 19.8 Å². The quantitative estimate of drug-likeness (QED) is 0.917. The minimum absolute atomic E-state index is 0.148. The summed E-state index contributed by atoms with van der Waals surface area (Å²) in [4.78, 5) is 10.7. The lowest BCUT2D eigenvalue weighted by Crippen LogP contribution is -2.06. The second-order valence-electron chi connectivity index (χ2n) is 5.77. The van der Waals surface area contributed by atoms with Crippen molar-refractivity contribution in [1.82, 2.24) is 9.78 Å². The first-order chi connectivity index (χ1) is 9.88. The van der Waals surface area contributed by atoms with E-state index in [1.54, 1.807) is 0 Å². The van der Waals surface area contributed by atoms with Gasteiger partial charge in [0.05, 0.1) is 5.69 Å². The minimum atomic E-state index is -0.735. The summed E-state index contributed by atoms with van der Waals surface area (Å²) in [5.41, 5.74) is 5.70. The zero-order valence-corrected chi connectivity index (χ0v) is 13.1. The van der Waals surface area contributed by atoms with Crippen molar-refractivity contribution in [3.05, 3.63) is 41.2 Å². The number of hydrogen-bond acceptors (Lipinski definition) is 2. The van der Waals surface area contributed by atoms with Crippen molar-refractivity contribution in [2.75, 3.05) is 0 Å². The van der Waals surface area contributed by atoms with E-state index in [1.165, 1.54) is 11.1 Å². The van der Waals surface area contributed by atoms with Gasteiger partial charge in [-0.25, -0.2) is 0 Å². The van der Waals surface area contributed by atoms with Crippen molar-refractivity contribution < 1.29 is 9.90 Å². The van der Waals surface area contributed by atoms with Crippen LogP contribution in [-0.2, 0) is 18.3 Å². The van der Waals surface area contributed by atoms with Crippen LogP contribution in [0.3, 0.4) is 0 Å². The van der Waals surface area contributed by atoms with Crippen molar-refractivity contribution in [2.24, 2.45) is 13.0 Å². The Kier molecular flexibility index (Phi) is 4.46. The van der Waals surface area contributed by atoms with Crippen LogP contribution in [0.25, 0.3) is 11.1 Å². The first-order valence-corrected chi connectivity index (χ1v) is 7.19. The molecule has 21 heavy (non-hydrogen) atoms. The number of benzene rings is 1. The van der Waals surface area contributed by atoms with Gasteiger partial charge < -0.3 is 5.11 Å². The molecule has 4 heteroatoms. The topological polar surface area (TPSA) is 55.1 Å². The van der Waals surface area contributed by atoms with Gasteiger partial charge in [-0.15, -0.1) is 0 Å². The van der Waals surface area contributed by atoms with Crippen molar-refractivity contribution in [3.63, 3.8) is 0 Å². The molecule has 1 atom stereocenters. The molecule has 0 spiro atoms. The summed E-state index contributed by atoms with van der Waals surface area (Å²) < 4.78 is 1.90. The third-order valence-corrected chi connectivity index (χ3v) is 3.86. The second-order valence-corrected chi connectivity index (χ2v) is 5.77. The lowest BCUT2D eigenvalue weighted by Gasteiger charge is -2.09. The van der Waals surface area contributed by atoms with E-state index < -0.39 is 5.97 Å². The molecule has 0 bridgehead atoms. The Morgan fingerprint density at radius 3 is 2.38 bits per heavy atom. The highest BCUT2D eigenvalue weighted by Crippen LogP contribution is 2.27. The smallest absolute Gasteiger partial charge is 0.303 e. The number of aliphatic carboxylic acids is 1. The van der Waals surface area contributed by atoms with Crippen LogP contribution in [0.15, 0.2) is 24.3 Å². The fourth-order valence-corrected chi connectivity index (χ4v) is 2.77. The highest BCUT2D eigenvalue weighted by Gasteiger charge is 2.12. The molecule has 0 fully saturated rings. The van der Waals surface area contributed by atoms with Gasteiger partial charge in [0.15, 0.2) is 0 Å². The zero-order chi connectivity index (χ0) is 15.6. The van der Waals surface area contributed by atoms with E-state index in [2.05, 4.69) is 36.3 Å². The maximum absolute atomic E-state index is 10.7. The Morgan fingerprint density at radius 1 is 1.29 bits per heavy atom. The second kappa shape index (κ2) is 6.12. The molecular formula is C17H22N2O2. The van der Waals surface area contributed by atoms with Gasteiger partial charge in [-0.3, -0.25) is 9.48 Å². The maximum atomic E-state index is 10.7. The van der Waals surface area contributed by atoms with Gasteiger partial charge in [0.1, 0.15) is 0 Å². The number of rotatable bonds is 5. The molecule has 0 aliphatic heterocycles. The molecule has 0 aliphatic carbocycles. The first-order valence-electron chi connectivity index (χ1n) is 7.19. The Hall–Kier alpha value is -2.10. The van der Waals surface area contributed by atoms with Crippen LogP contribution in [0.2, 0.25) is 0 Å². The molecule has 1 heterocycles. The molecule has 0 saturated carbocycles. The molecular weight excluding hydrogens is 264 g/mol. The van der Waals surface area contributed by atoms with Crippen molar-refractivity contribution in [3.8, 4) is 11.1 Å². The lowest BCUT2D eigenvalue weighted by atomic mass is 9.96. The highest BCUT2D eigenvalue weighted by atomic mass is 16.4. The van der Waals surface area contributed by atoms with Crippen molar-refractivity contribution in [2.45, 2.75) is 33.6 Å². The van der Waals surface area contributed by atoms with E-state index >= 15 is 0 Å². The molecule has 1 aromatic carbocycles. The van der Waals surface area contributed by atoms with Gasteiger partial charge in [0.25, 0.3) is 0 Å². The number of carboxylic acids is 1. The standard InChI is InChI=1S/C17H22N2O2/c1-11(10-16(20)21)9-14-5-7-15(8-6-14)17-12(2)18-19(4)13(17)3/h5-8,11H,9-10H2,1-4H3,(H,20,21). The van der Waals surface area contributed by atoms with Crippen LogP contribution >= 0.6 is 0 Å². The SMILES string of the molecule is Cc1nn(C)c(C)c1-c1ccc(CC(C)CC(=O)O)cc1. The fraction of sp³-hybridized carbons (Fsp3) is 0.412. The van der Waals surface area contributed by atoms with Gasteiger partial charge >= 0.3 is 5.97 Å². The molecule has 0 saturated heterocycles. The number of aryl methyl sites for hydroxylation is 2. The van der Waals surface area contributed by atoms with Crippen LogP contribution in [-0.4, -0.2) is 20.9 Å². The van der Waals surface area contributed by atoms with Gasteiger partial charge in [-0.2, -0.15) is 5.10 Å². The summed E-state index contributed by atoms with van der Waals surface area (Å²) >= 11 is 0. The summed E-state index contributed by atoms with van der Waals surface area (Å²) in [6, 6.07) is 8.36. The number of aromatic nitrogens is 2. The predicted octanol–water partition coefficient (Wildman–Crippen LogP) is 3.36. The highest BCUT2D eigenvalue weighted by molar-refractivity contribution is 5.69. The predicted molar refractivity (Wildman–Crippen MR) is 83.2 cm³/mol. The first kappa shape index (κ1) is 15.3. The molecule has 2 rings (SSSR count). The normalized spacial score (nSPS) is 12.4. The monoisotopic (exact) mass is 286 g/mol. The summed E-state index contributed by atoms with van der Waals surface area (Å²) in [6.07, 6.45) is 1.00. The van der Waals surface area contributed by atoms with E-state index in [0.29, 0.717) is 0 Å². The summed E-state index contributed by atoms with van der Waals surface area (Å²) in [5.74, 6) is -0.587. The van der Waals surface area contributed by atoms with Crippen molar-refractivity contribution >= 4 is 5.97 Å². The number of nitrogens with zero attached hydrogens (tertiary/aromatic N) is 2. The maximum Gasteiger partial charge on any atom is 0.303 e. The van der Waals surface area contributed by atoms with Crippen LogP contribution in [0.5, 0.6) is 0 Å². The minimum Gasteiger partial charge on any atom is -0.481 e. The Morgan fingerprint density at radius 2 is 1.90 bits per heavy atom. The molecule has 112 valence electrons. The fourth-order valence-electron chi connectivity index (χ4n) is 2.77. The number of hydrogen-bond donors (Lipinski definition) is 1. The van der Waals surface area contributed by atoms with E-state index in [-0.39, 0.29) is 12.3 Å². The Bertz CT molecular complexity index is 642. The molecule has 2 aromatic rings. The number of carboxylic acid groups (broad SMARTS) is 1. The van der Waals surface area contributed by atoms with Gasteiger partial charge in [0, 0.05) is 24.7 Å². The molecule has 0 radical (unpaired) electrons. The van der Waals surface area contributed by atoms with Gasteiger partial charge in [-0.05, 0) is 37.3 Å². The third kappa shape index (κ3) is 3.51. The average Bonchev–Trinajstić information content (AvgIpc) is 2.63. The Labute approximate surface area is 125 Å². The van der Waals surface area contributed by atoms with Crippen LogP contribution < -0.4 is 0 Å². The zero-order valence-electron chi connectivity index (χ0n) is 13.1. The van der Waals surface area contributed by atoms with E-state index in [0.717, 1.165) is 23.4 Å². The number of carbonyl (C=O) groups is 1. The lowest BCUT2D eigenvalue weighted by molar-refractivity contribution is -0.137. The van der Waals surface area contributed by atoms with Gasteiger partial charge in [0.2, 0.25) is 0 Å². The molecule has 4 nitrogen and oxygen atoms in total. The average molecular weight is 286 g/mol. The van der Waals surface area contributed by atoms with Crippen LogP contribution in [0.1, 0.15) is 30.3 Å². The Balaban J connectivity index is 2.17. The van der Waals surface area contributed by atoms with E-state index in [9.17, 15) is 4.79 Å². The van der Waals surface area contributed by atoms with E-state index in [1.807, 2.05) is 25.6 Å². The molecule has 1 N–H and O–H groups in total.